The third kappa shape index (κ3) is 1.59. The molecule has 0 aliphatic heterocycles. The van der Waals surface area contributed by atoms with Gasteiger partial charge in [0.2, 0.25) is 0 Å². The van der Waals surface area contributed by atoms with E-state index in [1.54, 1.807) is 0 Å². The first-order valence-electron chi connectivity index (χ1n) is 6.49. The highest BCUT2D eigenvalue weighted by molar-refractivity contribution is 5.46. The lowest BCUT2D eigenvalue weighted by molar-refractivity contribution is 0.675. The van der Waals surface area contributed by atoms with E-state index in [1.807, 2.05) is 0 Å². The minimum absolute atomic E-state index is 0.303. The van der Waals surface area contributed by atoms with Crippen LogP contribution in [-0.2, 0) is 5.41 Å². The molecule has 0 heteroatoms. The Morgan fingerprint density at radius 3 is 1.71 bits per heavy atom. The Morgan fingerprint density at radius 2 is 1.35 bits per heavy atom. The van der Waals surface area contributed by atoms with Crippen LogP contribution in [0.25, 0.3) is 0 Å². The maximum atomic E-state index is 2.30. The third-order valence-corrected chi connectivity index (χ3v) is 4.18. The van der Waals surface area contributed by atoms with Gasteiger partial charge in [0, 0.05) is 5.41 Å². The van der Waals surface area contributed by atoms with Crippen molar-refractivity contribution in [1.82, 2.24) is 0 Å². The van der Waals surface area contributed by atoms with Crippen LogP contribution in [0.4, 0.5) is 0 Å². The van der Waals surface area contributed by atoms with Gasteiger partial charge in [0.05, 0.1) is 0 Å². The largest absolute Gasteiger partial charge is 0.0651 e. The van der Waals surface area contributed by atoms with E-state index < -0.39 is 0 Å². The van der Waals surface area contributed by atoms with Gasteiger partial charge in [-0.2, -0.15) is 0 Å². The molecule has 86 valence electrons. The summed E-state index contributed by atoms with van der Waals surface area (Å²) in [5.41, 5.74) is 3.27. The molecule has 1 aliphatic carbocycles. The van der Waals surface area contributed by atoms with Gasteiger partial charge in [-0.25, -0.2) is 0 Å². The molecule has 1 saturated carbocycles. The van der Waals surface area contributed by atoms with Crippen molar-refractivity contribution in [2.75, 3.05) is 0 Å². The van der Waals surface area contributed by atoms with Crippen molar-refractivity contribution in [3.8, 4) is 0 Å². The number of rotatable bonds is 3. The Morgan fingerprint density at radius 1 is 0.882 bits per heavy atom. The van der Waals surface area contributed by atoms with E-state index in [2.05, 4.69) is 67.6 Å². The topological polar surface area (TPSA) is 0 Å². The normalized spacial score (nSPS) is 21.1. The second-order valence-corrected chi connectivity index (χ2v) is 5.01. The van der Waals surface area contributed by atoms with E-state index in [0.29, 0.717) is 5.41 Å². The third-order valence-electron chi connectivity index (χ3n) is 4.18. The molecule has 1 aliphatic rings. The molecule has 0 aromatic heterocycles. The molecule has 0 radical (unpaired) electrons. The SMILES string of the molecule is CCC1CC1(c1ccccc1)c1ccccc1. The monoisotopic (exact) mass is 222 g/mol. The summed E-state index contributed by atoms with van der Waals surface area (Å²) in [5.74, 6) is 0.812. The molecule has 0 N–H and O–H groups in total. The first-order chi connectivity index (χ1) is 8.38. The molecule has 0 heterocycles. The van der Waals surface area contributed by atoms with Gasteiger partial charge >= 0.3 is 0 Å². The van der Waals surface area contributed by atoms with Gasteiger partial charge < -0.3 is 0 Å². The first-order valence-corrected chi connectivity index (χ1v) is 6.49. The summed E-state index contributed by atoms with van der Waals surface area (Å²) in [6.07, 6.45) is 2.57. The minimum Gasteiger partial charge on any atom is -0.0651 e. The van der Waals surface area contributed by atoms with Crippen molar-refractivity contribution in [2.24, 2.45) is 5.92 Å². The van der Waals surface area contributed by atoms with E-state index in [0.717, 1.165) is 5.92 Å². The molecule has 1 unspecified atom stereocenters. The van der Waals surface area contributed by atoms with E-state index in [-0.39, 0.29) is 0 Å². The van der Waals surface area contributed by atoms with E-state index >= 15 is 0 Å². The average Bonchev–Trinajstić information content (AvgIpc) is 3.17. The first kappa shape index (κ1) is 10.6. The van der Waals surface area contributed by atoms with Crippen molar-refractivity contribution in [2.45, 2.75) is 25.2 Å². The zero-order chi connectivity index (χ0) is 11.7. The molecule has 1 atom stereocenters. The zero-order valence-electron chi connectivity index (χ0n) is 10.3. The number of hydrogen-bond acceptors (Lipinski definition) is 0. The quantitative estimate of drug-likeness (QED) is 0.722. The maximum Gasteiger partial charge on any atom is 0.0234 e. The van der Waals surface area contributed by atoms with Crippen LogP contribution in [0, 0.1) is 5.92 Å². The highest BCUT2D eigenvalue weighted by Gasteiger charge is 2.54. The fraction of sp³-hybridized carbons (Fsp3) is 0.294. The van der Waals surface area contributed by atoms with Crippen molar-refractivity contribution < 1.29 is 0 Å². The fourth-order valence-corrected chi connectivity index (χ4v) is 3.17. The highest BCUT2D eigenvalue weighted by atomic mass is 14.6. The molecule has 2 aromatic rings. The molecule has 3 rings (SSSR count). The summed E-state index contributed by atoms with van der Waals surface area (Å²) in [4.78, 5) is 0. The van der Waals surface area contributed by atoms with Gasteiger partial charge in [0.25, 0.3) is 0 Å². The fourth-order valence-electron chi connectivity index (χ4n) is 3.17. The van der Waals surface area contributed by atoms with E-state index in [9.17, 15) is 0 Å². The van der Waals surface area contributed by atoms with Gasteiger partial charge in [-0.05, 0) is 23.5 Å². The molecule has 2 aromatic carbocycles. The maximum absolute atomic E-state index is 2.30. The minimum atomic E-state index is 0.303. The van der Waals surface area contributed by atoms with Crippen LogP contribution in [0.15, 0.2) is 60.7 Å². The van der Waals surface area contributed by atoms with Crippen LogP contribution >= 0.6 is 0 Å². The Balaban J connectivity index is 2.08. The van der Waals surface area contributed by atoms with Crippen LogP contribution < -0.4 is 0 Å². The summed E-state index contributed by atoms with van der Waals surface area (Å²) in [6, 6.07) is 22.0. The van der Waals surface area contributed by atoms with Crippen LogP contribution in [0.5, 0.6) is 0 Å². The van der Waals surface area contributed by atoms with Crippen LogP contribution in [0.2, 0.25) is 0 Å². The summed E-state index contributed by atoms with van der Waals surface area (Å²) >= 11 is 0. The predicted octanol–water partition coefficient (Wildman–Crippen LogP) is 4.40. The van der Waals surface area contributed by atoms with Gasteiger partial charge in [0.1, 0.15) is 0 Å². The molecule has 0 spiro atoms. The Bertz CT molecular complexity index is 444. The lowest BCUT2D eigenvalue weighted by Crippen LogP contribution is -2.11. The molecule has 0 saturated heterocycles. The lowest BCUT2D eigenvalue weighted by atomic mass is 9.85. The van der Waals surface area contributed by atoms with Gasteiger partial charge in [-0.15, -0.1) is 0 Å². The van der Waals surface area contributed by atoms with Crippen molar-refractivity contribution in [3.05, 3.63) is 71.8 Å². The molecular weight excluding hydrogens is 204 g/mol. The Kier molecular flexibility index (Phi) is 2.51. The van der Waals surface area contributed by atoms with Gasteiger partial charge in [-0.3, -0.25) is 0 Å². The average molecular weight is 222 g/mol. The molecule has 1 fully saturated rings. The highest BCUT2D eigenvalue weighted by Crippen LogP contribution is 2.60. The van der Waals surface area contributed by atoms with Crippen LogP contribution in [0.3, 0.4) is 0 Å². The van der Waals surface area contributed by atoms with Gasteiger partial charge in [-0.1, -0.05) is 74.0 Å². The van der Waals surface area contributed by atoms with E-state index in [4.69, 9.17) is 0 Å². The van der Waals surface area contributed by atoms with Crippen molar-refractivity contribution in [3.63, 3.8) is 0 Å². The number of benzene rings is 2. The molecule has 17 heavy (non-hydrogen) atoms. The zero-order valence-corrected chi connectivity index (χ0v) is 10.3. The molecule has 0 nitrogen and oxygen atoms in total. The summed E-state index contributed by atoms with van der Waals surface area (Å²) in [7, 11) is 0. The van der Waals surface area contributed by atoms with Crippen LogP contribution in [0.1, 0.15) is 30.9 Å². The molecule has 0 bridgehead atoms. The van der Waals surface area contributed by atoms with Crippen LogP contribution in [-0.4, -0.2) is 0 Å². The summed E-state index contributed by atoms with van der Waals surface area (Å²) in [5, 5.41) is 0. The Hall–Kier alpha value is -1.56. The summed E-state index contributed by atoms with van der Waals surface area (Å²) in [6.45, 7) is 2.30. The molecular formula is C17H18. The smallest absolute Gasteiger partial charge is 0.0234 e. The van der Waals surface area contributed by atoms with Crippen molar-refractivity contribution >= 4 is 0 Å². The summed E-state index contributed by atoms with van der Waals surface area (Å²) < 4.78 is 0. The second-order valence-electron chi connectivity index (χ2n) is 5.01. The molecule has 0 amide bonds. The van der Waals surface area contributed by atoms with E-state index in [1.165, 1.54) is 24.0 Å². The standard InChI is InChI=1S/C17H18/c1-2-14-13-17(14,15-9-5-3-6-10-15)16-11-7-4-8-12-16/h3-12,14H,2,13H2,1H3. The van der Waals surface area contributed by atoms with Crippen molar-refractivity contribution in [1.29, 1.82) is 0 Å². The Labute approximate surface area is 103 Å². The predicted molar refractivity (Wildman–Crippen MR) is 72.1 cm³/mol. The number of hydrogen-bond donors (Lipinski definition) is 0. The second kappa shape index (κ2) is 4.03. The lowest BCUT2D eigenvalue weighted by Gasteiger charge is -2.18. The van der Waals surface area contributed by atoms with Gasteiger partial charge in [0.15, 0.2) is 0 Å².